The first-order valence-corrected chi connectivity index (χ1v) is 20.0. The minimum Gasteiger partial charge on any atom is -0.460 e. The number of hydrogen-bond donors (Lipinski definition) is 2. The molecular formula is C40H69N3O10. The van der Waals surface area contributed by atoms with Gasteiger partial charge in [-0.2, -0.15) is 0 Å². The number of unbranched alkanes of at least 4 members (excludes halogenated alkanes) is 15. The van der Waals surface area contributed by atoms with Gasteiger partial charge in [-0.1, -0.05) is 89.9 Å². The van der Waals surface area contributed by atoms with E-state index in [0.717, 1.165) is 32.1 Å². The van der Waals surface area contributed by atoms with Gasteiger partial charge in [0.05, 0.1) is 6.42 Å². The smallest absolute Gasteiger partial charge is 0.334 e. The van der Waals surface area contributed by atoms with Crippen molar-refractivity contribution in [2.75, 3.05) is 6.54 Å². The van der Waals surface area contributed by atoms with Crippen LogP contribution in [0.3, 0.4) is 0 Å². The van der Waals surface area contributed by atoms with E-state index in [-0.39, 0.29) is 56.9 Å². The van der Waals surface area contributed by atoms with Crippen LogP contribution in [0.2, 0.25) is 0 Å². The molecule has 53 heavy (non-hydrogen) atoms. The Bertz CT molecular complexity index is 1140. The third-order valence-corrected chi connectivity index (χ3v) is 8.49. The Labute approximate surface area is 317 Å². The molecule has 13 heteroatoms. The number of nitrogens with zero attached hydrogens (tertiary/aromatic N) is 1. The van der Waals surface area contributed by atoms with Crippen LogP contribution >= 0.6 is 0 Å². The molecule has 0 saturated carbocycles. The highest BCUT2D eigenvalue weighted by molar-refractivity contribution is 6.01. The summed E-state index contributed by atoms with van der Waals surface area (Å²) in [6.45, 7) is 10.8. The zero-order valence-corrected chi connectivity index (χ0v) is 33.6. The third-order valence-electron chi connectivity index (χ3n) is 8.49. The lowest BCUT2D eigenvalue weighted by Crippen LogP contribution is -2.44. The first-order valence-electron chi connectivity index (χ1n) is 20.0. The van der Waals surface area contributed by atoms with E-state index in [4.69, 9.17) is 14.3 Å². The molecule has 0 aliphatic carbocycles. The molecule has 13 nitrogen and oxygen atoms in total. The van der Waals surface area contributed by atoms with E-state index >= 15 is 0 Å². The molecule has 1 aliphatic rings. The Morgan fingerprint density at radius 3 is 1.45 bits per heavy atom. The zero-order valence-electron chi connectivity index (χ0n) is 33.6. The molecule has 304 valence electrons. The fourth-order valence-corrected chi connectivity index (χ4v) is 5.78. The van der Waals surface area contributed by atoms with Gasteiger partial charge in [0.1, 0.15) is 17.2 Å². The molecule has 1 aliphatic heterocycles. The normalized spacial score (nSPS) is 13.8. The molecule has 0 radical (unpaired) electrons. The number of nitrogens with one attached hydrogen (secondary N) is 2. The van der Waals surface area contributed by atoms with Crippen molar-refractivity contribution in [2.24, 2.45) is 0 Å². The van der Waals surface area contributed by atoms with E-state index in [0.29, 0.717) is 17.9 Å². The molecule has 0 aromatic carbocycles. The Kier molecular flexibility index (Phi) is 23.6. The number of imide groups is 1. The van der Waals surface area contributed by atoms with E-state index in [2.05, 4.69) is 10.6 Å². The quantitative estimate of drug-likeness (QED) is 0.0478. The van der Waals surface area contributed by atoms with Gasteiger partial charge < -0.3 is 24.9 Å². The highest BCUT2D eigenvalue weighted by atomic mass is 16.7. The highest BCUT2D eigenvalue weighted by Crippen LogP contribution is 2.17. The summed E-state index contributed by atoms with van der Waals surface area (Å²) in [4.78, 5) is 89.5. The van der Waals surface area contributed by atoms with E-state index < -0.39 is 46.9 Å². The van der Waals surface area contributed by atoms with Crippen LogP contribution in [0.1, 0.15) is 189 Å². The summed E-state index contributed by atoms with van der Waals surface area (Å²) >= 11 is 0. The summed E-state index contributed by atoms with van der Waals surface area (Å²) in [5, 5.41) is 5.73. The van der Waals surface area contributed by atoms with Gasteiger partial charge in [-0.25, -0.2) is 9.59 Å². The van der Waals surface area contributed by atoms with Crippen LogP contribution in [0.15, 0.2) is 0 Å². The number of carbonyl (C=O) groups excluding carboxylic acids is 7. The SMILES string of the molecule is CC(C)(C)OC(=O)CCCCCCCCCCCCCCCCCCC(=O)N[C@@H](CCC(=O)NCCC(=O)ON1C(=O)CCC1=O)C(=O)OC(C)(C)C. The molecule has 0 aromatic rings. The van der Waals surface area contributed by atoms with E-state index in [9.17, 15) is 33.6 Å². The standard InChI is InChI=1S/C40H69N3O10/c1-39(2,3)51-36(48)24-22-20-18-16-14-12-10-8-7-9-11-13-15-17-19-21-23-33(45)42-31(38(50)52-40(4,5)6)25-26-32(44)41-30-29-37(49)53-43-34(46)27-28-35(43)47/h31H,7-30H2,1-6H3,(H,41,44)(H,42,45)/t31-/m0/s1. The van der Waals surface area contributed by atoms with Crippen LogP contribution in [0, 0.1) is 0 Å². The summed E-state index contributed by atoms with van der Waals surface area (Å²) in [6, 6.07) is -0.994. The van der Waals surface area contributed by atoms with Crippen molar-refractivity contribution in [3.63, 3.8) is 0 Å². The second kappa shape index (κ2) is 26.3. The van der Waals surface area contributed by atoms with Crippen molar-refractivity contribution < 1.29 is 47.9 Å². The molecule has 1 saturated heterocycles. The van der Waals surface area contributed by atoms with E-state index in [1.807, 2.05) is 20.8 Å². The summed E-state index contributed by atoms with van der Waals surface area (Å²) in [5.41, 5.74) is -1.17. The minimum atomic E-state index is -0.994. The van der Waals surface area contributed by atoms with Gasteiger partial charge in [-0.3, -0.25) is 24.0 Å². The first kappa shape index (κ1) is 47.5. The Balaban J connectivity index is 2.13. The summed E-state index contributed by atoms with van der Waals surface area (Å²) in [7, 11) is 0. The maximum atomic E-state index is 12.8. The van der Waals surface area contributed by atoms with Gasteiger partial charge in [0.15, 0.2) is 0 Å². The fourth-order valence-electron chi connectivity index (χ4n) is 5.78. The van der Waals surface area contributed by atoms with Crippen molar-refractivity contribution in [3.8, 4) is 0 Å². The number of ether oxygens (including phenoxy) is 2. The predicted molar refractivity (Wildman–Crippen MR) is 201 cm³/mol. The molecule has 1 heterocycles. The largest absolute Gasteiger partial charge is 0.460 e. The Morgan fingerprint density at radius 2 is 1.00 bits per heavy atom. The highest BCUT2D eigenvalue weighted by Gasteiger charge is 2.33. The second-order valence-corrected chi connectivity index (χ2v) is 16.1. The molecule has 0 spiro atoms. The Hall–Kier alpha value is -3.51. The molecule has 4 amide bonds. The van der Waals surface area contributed by atoms with Gasteiger partial charge >= 0.3 is 17.9 Å². The third kappa shape index (κ3) is 26.0. The fraction of sp³-hybridized carbons (Fsp3) is 0.825. The molecular weight excluding hydrogens is 682 g/mol. The monoisotopic (exact) mass is 751 g/mol. The van der Waals surface area contributed by atoms with Crippen molar-refractivity contribution >= 4 is 41.5 Å². The number of hydroxylamine groups is 2. The number of rotatable bonds is 28. The summed E-state index contributed by atoms with van der Waals surface area (Å²) in [6.07, 6.45) is 18.8. The summed E-state index contributed by atoms with van der Waals surface area (Å²) < 4.78 is 10.8. The zero-order chi connectivity index (χ0) is 39.7. The van der Waals surface area contributed by atoms with Gasteiger partial charge in [0.2, 0.25) is 11.8 Å². The van der Waals surface area contributed by atoms with Gasteiger partial charge in [-0.05, 0) is 60.8 Å². The summed E-state index contributed by atoms with van der Waals surface area (Å²) in [5.74, 6) is -3.42. The number of amides is 4. The van der Waals surface area contributed by atoms with Crippen molar-refractivity contribution in [3.05, 3.63) is 0 Å². The van der Waals surface area contributed by atoms with E-state index in [1.165, 1.54) is 64.2 Å². The maximum absolute atomic E-state index is 12.8. The topological polar surface area (TPSA) is 174 Å². The van der Waals surface area contributed by atoms with Crippen LogP contribution in [-0.4, -0.2) is 70.4 Å². The van der Waals surface area contributed by atoms with Crippen molar-refractivity contribution in [1.82, 2.24) is 15.7 Å². The number of esters is 2. The average Bonchev–Trinajstić information content (AvgIpc) is 3.36. The van der Waals surface area contributed by atoms with Crippen LogP contribution < -0.4 is 10.6 Å². The lowest BCUT2D eigenvalue weighted by Gasteiger charge is -2.24. The lowest BCUT2D eigenvalue weighted by molar-refractivity contribution is -0.197. The van der Waals surface area contributed by atoms with Crippen LogP contribution in [0.5, 0.6) is 0 Å². The average molecular weight is 752 g/mol. The van der Waals surface area contributed by atoms with Gasteiger partial charge in [0.25, 0.3) is 11.8 Å². The maximum Gasteiger partial charge on any atom is 0.334 e. The molecule has 2 N–H and O–H groups in total. The second-order valence-electron chi connectivity index (χ2n) is 16.1. The van der Waals surface area contributed by atoms with E-state index in [1.54, 1.807) is 20.8 Å². The molecule has 1 rings (SSSR count). The van der Waals surface area contributed by atoms with Crippen LogP contribution in [0.25, 0.3) is 0 Å². The number of carbonyl (C=O) groups is 7. The van der Waals surface area contributed by atoms with Crippen LogP contribution in [-0.2, 0) is 47.9 Å². The minimum absolute atomic E-state index is 0.00938. The van der Waals surface area contributed by atoms with Gasteiger partial charge in [-0.15, -0.1) is 5.06 Å². The van der Waals surface area contributed by atoms with Crippen LogP contribution in [0.4, 0.5) is 0 Å². The molecule has 0 bridgehead atoms. The molecule has 1 fully saturated rings. The lowest BCUT2D eigenvalue weighted by atomic mass is 10.0. The first-order chi connectivity index (χ1) is 25.0. The number of hydrogen-bond acceptors (Lipinski definition) is 10. The Morgan fingerprint density at radius 1 is 0.566 bits per heavy atom. The van der Waals surface area contributed by atoms with Crippen molar-refractivity contribution in [2.45, 2.75) is 206 Å². The predicted octanol–water partition coefficient (Wildman–Crippen LogP) is 7.07. The van der Waals surface area contributed by atoms with Gasteiger partial charge in [0, 0.05) is 38.6 Å². The molecule has 1 atom stereocenters. The molecule has 0 aromatic heterocycles. The molecule has 0 unspecified atom stereocenters. The van der Waals surface area contributed by atoms with Crippen molar-refractivity contribution in [1.29, 1.82) is 0 Å².